The van der Waals surface area contributed by atoms with E-state index in [1.165, 1.54) is 4.88 Å². The van der Waals surface area contributed by atoms with Crippen molar-refractivity contribution in [1.82, 2.24) is 0 Å². The first-order valence-corrected chi connectivity index (χ1v) is 6.58. The van der Waals surface area contributed by atoms with Gasteiger partial charge in [-0.15, -0.1) is 11.3 Å². The average Bonchev–Trinajstić information content (AvgIpc) is 2.48. The van der Waals surface area contributed by atoms with E-state index in [4.69, 9.17) is 0 Å². The van der Waals surface area contributed by atoms with E-state index in [9.17, 15) is 5.11 Å². The van der Waals surface area contributed by atoms with Gasteiger partial charge in [-0.1, -0.05) is 20.3 Å². The number of rotatable bonds is 4. The number of thiophene rings is 1. The molecular weight excluding hydrogens is 260 g/mol. The molecule has 0 spiro atoms. The van der Waals surface area contributed by atoms with Crippen LogP contribution in [0.3, 0.4) is 0 Å². The minimum absolute atomic E-state index is 0.336. The SMILES string of the molecule is CCC(C)C(C)(O)Cc1cc(Br)cs1. The molecule has 80 valence electrons. The van der Waals surface area contributed by atoms with Crippen molar-refractivity contribution in [1.29, 1.82) is 0 Å². The van der Waals surface area contributed by atoms with Crippen molar-refractivity contribution in [3.05, 3.63) is 20.8 Å². The zero-order chi connectivity index (χ0) is 10.8. The van der Waals surface area contributed by atoms with E-state index >= 15 is 0 Å². The topological polar surface area (TPSA) is 20.2 Å². The Morgan fingerprint density at radius 1 is 1.64 bits per heavy atom. The Morgan fingerprint density at radius 2 is 2.29 bits per heavy atom. The summed E-state index contributed by atoms with van der Waals surface area (Å²) >= 11 is 5.12. The van der Waals surface area contributed by atoms with Gasteiger partial charge >= 0.3 is 0 Å². The third-order valence-corrected chi connectivity index (χ3v) is 4.53. The van der Waals surface area contributed by atoms with Crippen LogP contribution in [0.15, 0.2) is 15.9 Å². The Morgan fingerprint density at radius 3 is 2.71 bits per heavy atom. The van der Waals surface area contributed by atoms with Gasteiger partial charge in [0, 0.05) is 21.2 Å². The van der Waals surface area contributed by atoms with Crippen molar-refractivity contribution in [3.8, 4) is 0 Å². The summed E-state index contributed by atoms with van der Waals surface area (Å²) in [5.74, 6) is 0.336. The minimum atomic E-state index is -0.584. The summed E-state index contributed by atoms with van der Waals surface area (Å²) in [7, 11) is 0. The van der Waals surface area contributed by atoms with Crippen LogP contribution < -0.4 is 0 Å². The molecule has 1 aromatic heterocycles. The molecule has 0 fully saturated rings. The van der Waals surface area contributed by atoms with E-state index in [-0.39, 0.29) is 0 Å². The predicted octanol–water partition coefficient (Wildman–Crippen LogP) is 3.85. The molecule has 0 aliphatic heterocycles. The van der Waals surface area contributed by atoms with E-state index < -0.39 is 5.60 Å². The summed E-state index contributed by atoms with van der Waals surface area (Å²) in [6.45, 7) is 6.14. The highest BCUT2D eigenvalue weighted by atomic mass is 79.9. The lowest BCUT2D eigenvalue weighted by Crippen LogP contribution is -2.34. The van der Waals surface area contributed by atoms with Crippen LogP contribution in [-0.4, -0.2) is 10.7 Å². The fourth-order valence-electron chi connectivity index (χ4n) is 1.41. The highest BCUT2D eigenvalue weighted by Gasteiger charge is 2.27. The van der Waals surface area contributed by atoms with Gasteiger partial charge in [-0.25, -0.2) is 0 Å². The summed E-state index contributed by atoms with van der Waals surface area (Å²) in [6, 6.07) is 2.08. The molecule has 0 saturated carbocycles. The van der Waals surface area contributed by atoms with Crippen LogP contribution in [0.1, 0.15) is 32.1 Å². The zero-order valence-corrected chi connectivity index (χ0v) is 11.3. The van der Waals surface area contributed by atoms with Crippen molar-refractivity contribution in [2.24, 2.45) is 5.92 Å². The summed E-state index contributed by atoms with van der Waals surface area (Å²) in [5, 5.41) is 12.3. The fourth-order valence-corrected chi connectivity index (χ4v) is 3.02. The Hall–Kier alpha value is 0.140. The van der Waals surface area contributed by atoms with Crippen LogP contribution in [0.25, 0.3) is 0 Å². The molecule has 1 aromatic rings. The number of hydrogen-bond acceptors (Lipinski definition) is 2. The maximum atomic E-state index is 10.2. The Bertz CT molecular complexity index is 293. The standard InChI is InChI=1S/C11H17BrOS/c1-4-8(2)11(3,13)6-10-5-9(12)7-14-10/h5,7-8,13H,4,6H2,1-3H3. The molecule has 3 heteroatoms. The molecule has 0 amide bonds. The molecule has 0 aromatic carbocycles. The van der Waals surface area contributed by atoms with Gasteiger partial charge in [0.1, 0.15) is 0 Å². The summed E-state index contributed by atoms with van der Waals surface area (Å²) in [6.07, 6.45) is 1.76. The third kappa shape index (κ3) is 3.07. The normalized spacial score (nSPS) is 17.8. The maximum Gasteiger partial charge on any atom is 0.0693 e. The largest absolute Gasteiger partial charge is 0.390 e. The van der Waals surface area contributed by atoms with E-state index in [2.05, 4.69) is 41.2 Å². The number of hydrogen-bond donors (Lipinski definition) is 1. The third-order valence-electron chi connectivity index (χ3n) is 2.83. The van der Waals surface area contributed by atoms with Crippen LogP contribution >= 0.6 is 27.3 Å². The minimum Gasteiger partial charge on any atom is -0.390 e. The molecule has 1 nitrogen and oxygen atoms in total. The van der Waals surface area contributed by atoms with Gasteiger partial charge in [-0.3, -0.25) is 0 Å². The summed E-state index contributed by atoms with van der Waals surface area (Å²) in [5.41, 5.74) is -0.584. The Labute approximate surface area is 98.3 Å². The van der Waals surface area contributed by atoms with Gasteiger partial charge in [0.25, 0.3) is 0 Å². The summed E-state index contributed by atoms with van der Waals surface area (Å²) in [4.78, 5) is 1.24. The second-order valence-corrected chi connectivity index (χ2v) is 5.99. The molecule has 0 radical (unpaired) electrons. The first-order chi connectivity index (χ1) is 6.45. The van der Waals surface area contributed by atoms with Crippen LogP contribution in [0.2, 0.25) is 0 Å². The molecule has 1 N–H and O–H groups in total. The molecule has 1 rings (SSSR count). The van der Waals surface area contributed by atoms with Gasteiger partial charge in [0.2, 0.25) is 0 Å². The Kier molecular flexibility index (Phi) is 4.16. The molecule has 0 aliphatic rings. The van der Waals surface area contributed by atoms with Crippen molar-refractivity contribution in [3.63, 3.8) is 0 Å². The molecule has 0 saturated heterocycles. The van der Waals surface area contributed by atoms with Gasteiger partial charge in [-0.2, -0.15) is 0 Å². The van der Waals surface area contributed by atoms with Gasteiger partial charge < -0.3 is 5.11 Å². The maximum absolute atomic E-state index is 10.2. The van der Waals surface area contributed by atoms with Crippen molar-refractivity contribution in [2.75, 3.05) is 0 Å². The zero-order valence-electron chi connectivity index (χ0n) is 8.88. The van der Waals surface area contributed by atoms with Gasteiger partial charge in [0.05, 0.1) is 5.60 Å². The molecule has 2 atom stereocenters. The first-order valence-electron chi connectivity index (χ1n) is 4.91. The van der Waals surface area contributed by atoms with E-state index in [0.717, 1.165) is 17.3 Å². The van der Waals surface area contributed by atoms with Crippen LogP contribution in [0.5, 0.6) is 0 Å². The second kappa shape index (κ2) is 4.77. The lowest BCUT2D eigenvalue weighted by Gasteiger charge is -2.29. The predicted molar refractivity (Wildman–Crippen MR) is 65.8 cm³/mol. The van der Waals surface area contributed by atoms with Gasteiger partial charge in [-0.05, 0) is 34.8 Å². The van der Waals surface area contributed by atoms with Crippen molar-refractivity contribution >= 4 is 27.3 Å². The lowest BCUT2D eigenvalue weighted by molar-refractivity contribution is 0.00587. The molecule has 1 heterocycles. The molecular formula is C11H17BrOS. The highest BCUT2D eigenvalue weighted by Crippen LogP contribution is 2.28. The quantitative estimate of drug-likeness (QED) is 0.886. The lowest BCUT2D eigenvalue weighted by atomic mass is 9.85. The summed E-state index contributed by atoms with van der Waals surface area (Å²) < 4.78 is 1.11. The fraction of sp³-hybridized carbons (Fsp3) is 0.636. The van der Waals surface area contributed by atoms with E-state index in [0.29, 0.717) is 5.92 Å². The van der Waals surface area contributed by atoms with Crippen molar-refractivity contribution in [2.45, 2.75) is 39.2 Å². The van der Waals surface area contributed by atoms with Crippen LogP contribution in [0, 0.1) is 5.92 Å². The molecule has 0 bridgehead atoms. The molecule has 0 aliphatic carbocycles. The number of aliphatic hydroxyl groups is 1. The van der Waals surface area contributed by atoms with Crippen LogP contribution in [-0.2, 0) is 6.42 Å². The first kappa shape index (κ1) is 12.2. The molecule has 14 heavy (non-hydrogen) atoms. The highest BCUT2D eigenvalue weighted by molar-refractivity contribution is 9.10. The monoisotopic (exact) mass is 276 g/mol. The average molecular weight is 277 g/mol. The van der Waals surface area contributed by atoms with E-state index in [1.54, 1.807) is 11.3 Å². The Balaban J connectivity index is 2.67. The van der Waals surface area contributed by atoms with Crippen molar-refractivity contribution < 1.29 is 5.11 Å². The second-order valence-electron chi connectivity index (χ2n) is 4.07. The number of halogens is 1. The smallest absolute Gasteiger partial charge is 0.0693 e. The van der Waals surface area contributed by atoms with E-state index in [1.807, 2.05) is 6.92 Å². The van der Waals surface area contributed by atoms with Gasteiger partial charge in [0.15, 0.2) is 0 Å². The molecule has 2 unspecified atom stereocenters. The van der Waals surface area contributed by atoms with Crippen LogP contribution in [0.4, 0.5) is 0 Å².